The quantitative estimate of drug-likeness (QED) is 0.723. The van der Waals surface area contributed by atoms with Crippen molar-refractivity contribution in [1.29, 1.82) is 0 Å². The lowest BCUT2D eigenvalue weighted by atomic mass is 10.1. The molecule has 2 rings (SSSR count). The van der Waals surface area contributed by atoms with E-state index in [1.54, 1.807) is 14.2 Å². The van der Waals surface area contributed by atoms with Gasteiger partial charge in [-0.1, -0.05) is 42.5 Å². The summed E-state index contributed by atoms with van der Waals surface area (Å²) in [6.45, 7) is 2.58. The van der Waals surface area contributed by atoms with E-state index in [0.29, 0.717) is 19.8 Å². The number of methoxy groups -OCH3 is 2. The highest BCUT2D eigenvalue weighted by atomic mass is 16.5. The van der Waals surface area contributed by atoms with Crippen LogP contribution < -0.4 is 14.8 Å². The van der Waals surface area contributed by atoms with E-state index in [2.05, 4.69) is 17.4 Å². The van der Waals surface area contributed by atoms with E-state index in [9.17, 15) is 0 Å². The number of nitrogens with one attached hydrogen (secondary N) is 1. The van der Waals surface area contributed by atoms with Gasteiger partial charge in [-0.3, -0.25) is 0 Å². The molecule has 4 nitrogen and oxygen atoms in total. The first-order valence-corrected chi connectivity index (χ1v) is 7.37. The lowest BCUT2D eigenvalue weighted by molar-refractivity contribution is 0.143. The van der Waals surface area contributed by atoms with Crippen molar-refractivity contribution in [2.24, 2.45) is 0 Å². The van der Waals surface area contributed by atoms with Crippen molar-refractivity contribution in [3.8, 4) is 11.5 Å². The Morgan fingerprint density at radius 3 is 2.41 bits per heavy atom. The Balaban J connectivity index is 1.99. The van der Waals surface area contributed by atoms with Gasteiger partial charge in [0.1, 0.15) is 6.61 Å². The normalized spacial score (nSPS) is 10.5. The van der Waals surface area contributed by atoms with Crippen molar-refractivity contribution in [1.82, 2.24) is 5.32 Å². The first kappa shape index (κ1) is 16.3. The van der Waals surface area contributed by atoms with Crippen molar-refractivity contribution in [2.45, 2.75) is 13.1 Å². The molecule has 0 radical (unpaired) electrons. The van der Waals surface area contributed by atoms with Gasteiger partial charge in [0, 0.05) is 25.8 Å². The molecular formula is C18H23NO3. The molecule has 0 fully saturated rings. The second kappa shape index (κ2) is 9.07. The van der Waals surface area contributed by atoms with Gasteiger partial charge in [0.25, 0.3) is 0 Å². The Morgan fingerprint density at radius 2 is 1.68 bits per heavy atom. The Morgan fingerprint density at radius 1 is 0.864 bits per heavy atom. The van der Waals surface area contributed by atoms with Crippen molar-refractivity contribution in [3.05, 3.63) is 59.7 Å². The molecule has 0 heterocycles. The molecule has 22 heavy (non-hydrogen) atoms. The fraction of sp³-hybridized carbons (Fsp3) is 0.333. The molecule has 0 bridgehead atoms. The number of para-hydroxylation sites is 1. The van der Waals surface area contributed by atoms with Crippen LogP contribution in [0.5, 0.6) is 11.5 Å². The van der Waals surface area contributed by atoms with Gasteiger partial charge in [-0.15, -0.1) is 0 Å². The summed E-state index contributed by atoms with van der Waals surface area (Å²) in [4.78, 5) is 0. The highest BCUT2D eigenvalue weighted by Gasteiger charge is 2.10. The predicted molar refractivity (Wildman–Crippen MR) is 87.4 cm³/mol. The molecule has 0 atom stereocenters. The maximum Gasteiger partial charge on any atom is 0.165 e. The van der Waals surface area contributed by atoms with Crippen LogP contribution in [0.2, 0.25) is 0 Å². The highest BCUT2D eigenvalue weighted by Crippen LogP contribution is 2.31. The van der Waals surface area contributed by atoms with Crippen molar-refractivity contribution >= 4 is 0 Å². The summed E-state index contributed by atoms with van der Waals surface area (Å²) in [6, 6.07) is 16.2. The van der Waals surface area contributed by atoms with Gasteiger partial charge in [-0.05, 0) is 11.6 Å². The minimum absolute atomic E-state index is 0.503. The van der Waals surface area contributed by atoms with Gasteiger partial charge in [-0.2, -0.15) is 0 Å². The molecule has 0 aliphatic heterocycles. The van der Waals surface area contributed by atoms with Gasteiger partial charge in [0.15, 0.2) is 11.5 Å². The third kappa shape index (κ3) is 4.76. The Kier molecular flexibility index (Phi) is 6.74. The van der Waals surface area contributed by atoms with Crippen LogP contribution in [0.25, 0.3) is 0 Å². The van der Waals surface area contributed by atoms with Gasteiger partial charge in [-0.25, -0.2) is 0 Å². The van der Waals surface area contributed by atoms with Gasteiger partial charge < -0.3 is 19.5 Å². The van der Waals surface area contributed by atoms with Crippen LogP contribution in [0, 0.1) is 0 Å². The zero-order valence-corrected chi connectivity index (χ0v) is 13.2. The second-order valence-corrected chi connectivity index (χ2v) is 4.88. The topological polar surface area (TPSA) is 39.7 Å². The van der Waals surface area contributed by atoms with E-state index in [0.717, 1.165) is 23.6 Å². The Hall–Kier alpha value is -2.04. The maximum absolute atomic E-state index is 5.81. The minimum Gasteiger partial charge on any atom is -0.493 e. The first-order valence-electron chi connectivity index (χ1n) is 7.37. The molecule has 0 amide bonds. The van der Waals surface area contributed by atoms with Gasteiger partial charge in [0.2, 0.25) is 0 Å². The van der Waals surface area contributed by atoms with Crippen LogP contribution in [0.4, 0.5) is 0 Å². The maximum atomic E-state index is 5.81. The number of ether oxygens (including phenoxy) is 3. The fourth-order valence-corrected chi connectivity index (χ4v) is 2.19. The fourth-order valence-electron chi connectivity index (χ4n) is 2.19. The monoisotopic (exact) mass is 301 g/mol. The third-order valence-corrected chi connectivity index (χ3v) is 3.30. The lowest BCUT2D eigenvalue weighted by Gasteiger charge is -2.15. The molecule has 1 N–H and O–H groups in total. The molecule has 2 aromatic rings. The number of rotatable bonds is 9. The summed E-state index contributed by atoms with van der Waals surface area (Å²) in [5.74, 6) is 1.53. The Bertz CT molecular complexity index is 558. The summed E-state index contributed by atoms with van der Waals surface area (Å²) >= 11 is 0. The Labute approximate surface area is 132 Å². The summed E-state index contributed by atoms with van der Waals surface area (Å²) in [7, 11) is 3.31. The number of hydrogen-bond donors (Lipinski definition) is 1. The molecule has 0 spiro atoms. The van der Waals surface area contributed by atoms with E-state index in [1.807, 2.05) is 36.4 Å². The summed E-state index contributed by atoms with van der Waals surface area (Å²) in [6.07, 6.45) is 0. The van der Waals surface area contributed by atoms with Crippen LogP contribution >= 0.6 is 0 Å². The van der Waals surface area contributed by atoms with E-state index in [1.165, 1.54) is 5.56 Å². The SMILES string of the molecule is COCCOc1c(CNCc2ccccc2)cccc1OC. The van der Waals surface area contributed by atoms with Crippen LogP contribution in [0.1, 0.15) is 11.1 Å². The lowest BCUT2D eigenvalue weighted by Crippen LogP contribution is -2.14. The number of benzene rings is 2. The van der Waals surface area contributed by atoms with E-state index in [-0.39, 0.29) is 0 Å². The molecule has 118 valence electrons. The molecule has 0 aromatic heterocycles. The third-order valence-electron chi connectivity index (χ3n) is 3.30. The molecular weight excluding hydrogens is 278 g/mol. The second-order valence-electron chi connectivity index (χ2n) is 4.88. The molecule has 0 aliphatic carbocycles. The first-order chi connectivity index (χ1) is 10.8. The van der Waals surface area contributed by atoms with Crippen LogP contribution in [-0.4, -0.2) is 27.4 Å². The van der Waals surface area contributed by atoms with Crippen molar-refractivity contribution in [2.75, 3.05) is 27.4 Å². The molecule has 4 heteroatoms. The van der Waals surface area contributed by atoms with Crippen LogP contribution in [0.15, 0.2) is 48.5 Å². The average Bonchev–Trinajstić information content (AvgIpc) is 2.57. The summed E-state index contributed by atoms with van der Waals surface area (Å²) < 4.78 is 16.2. The molecule has 2 aromatic carbocycles. The smallest absolute Gasteiger partial charge is 0.165 e. The van der Waals surface area contributed by atoms with Crippen LogP contribution in [-0.2, 0) is 17.8 Å². The van der Waals surface area contributed by atoms with Crippen LogP contribution in [0.3, 0.4) is 0 Å². The molecule has 0 unspecified atom stereocenters. The average molecular weight is 301 g/mol. The summed E-state index contributed by atoms with van der Waals surface area (Å²) in [5, 5.41) is 3.43. The highest BCUT2D eigenvalue weighted by molar-refractivity contribution is 5.46. The van der Waals surface area contributed by atoms with Gasteiger partial charge >= 0.3 is 0 Å². The molecule has 0 saturated carbocycles. The minimum atomic E-state index is 0.503. The zero-order chi connectivity index (χ0) is 15.6. The largest absolute Gasteiger partial charge is 0.493 e. The summed E-state index contributed by atoms with van der Waals surface area (Å²) in [5.41, 5.74) is 2.33. The molecule has 0 aliphatic rings. The van der Waals surface area contributed by atoms with E-state index in [4.69, 9.17) is 14.2 Å². The predicted octanol–water partition coefficient (Wildman–Crippen LogP) is 3.01. The van der Waals surface area contributed by atoms with Crippen molar-refractivity contribution < 1.29 is 14.2 Å². The number of hydrogen-bond acceptors (Lipinski definition) is 4. The van der Waals surface area contributed by atoms with Gasteiger partial charge in [0.05, 0.1) is 13.7 Å². The van der Waals surface area contributed by atoms with E-state index >= 15 is 0 Å². The standard InChI is InChI=1S/C18H23NO3/c1-20-11-12-22-18-16(9-6-10-17(18)21-2)14-19-13-15-7-4-3-5-8-15/h3-10,19H,11-14H2,1-2H3. The van der Waals surface area contributed by atoms with E-state index < -0.39 is 0 Å². The van der Waals surface area contributed by atoms with Crippen molar-refractivity contribution in [3.63, 3.8) is 0 Å². The zero-order valence-electron chi connectivity index (χ0n) is 13.2. The molecule has 0 saturated heterocycles.